The summed E-state index contributed by atoms with van der Waals surface area (Å²) in [5.41, 5.74) is 0. The van der Waals surface area contributed by atoms with Crippen molar-refractivity contribution in [1.82, 2.24) is 0 Å². The lowest BCUT2D eigenvalue weighted by Gasteiger charge is -2.51. The summed E-state index contributed by atoms with van der Waals surface area (Å²) in [6.45, 7) is 4.71. The molecule has 6 unspecified atom stereocenters. The van der Waals surface area contributed by atoms with Crippen molar-refractivity contribution in [2.75, 3.05) is 0 Å². The molecule has 0 aliphatic heterocycles. The summed E-state index contributed by atoms with van der Waals surface area (Å²) in [6, 6.07) is 0. The van der Waals surface area contributed by atoms with E-state index in [4.69, 9.17) is 0 Å². The van der Waals surface area contributed by atoms with E-state index in [1.165, 1.54) is 38.5 Å². The molecular weight excluding hydrogens is 264 g/mol. The van der Waals surface area contributed by atoms with Crippen molar-refractivity contribution < 1.29 is 0 Å². The zero-order valence-corrected chi connectivity index (χ0v) is 15.4. The van der Waals surface area contributed by atoms with Crippen LogP contribution in [0.2, 0.25) is 0 Å². The predicted molar refractivity (Wildman–Crippen MR) is 96.9 cm³/mol. The Balaban J connectivity index is 1.51. The van der Waals surface area contributed by atoms with Crippen LogP contribution in [0, 0.1) is 35.5 Å². The highest BCUT2D eigenvalue weighted by Gasteiger charge is 2.44. The monoisotopic (exact) mass is 304 g/mol. The SMILES string of the molecule is CCCCC1CCC2C(CCC3CC(CCCC)CCC32)C1. The normalized spacial score (nSPS) is 41.7. The maximum Gasteiger partial charge on any atom is -0.0355 e. The quantitative estimate of drug-likeness (QED) is 0.485. The first kappa shape index (κ1) is 16.8. The van der Waals surface area contributed by atoms with Crippen molar-refractivity contribution in [2.45, 2.75) is 104 Å². The molecule has 3 fully saturated rings. The van der Waals surface area contributed by atoms with Crippen LogP contribution < -0.4 is 0 Å². The molecule has 128 valence electrons. The number of hydrogen-bond donors (Lipinski definition) is 0. The average Bonchev–Trinajstić information content (AvgIpc) is 2.57. The van der Waals surface area contributed by atoms with Gasteiger partial charge in [-0.05, 0) is 74.0 Å². The average molecular weight is 305 g/mol. The van der Waals surface area contributed by atoms with E-state index >= 15 is 0 Å². The van der Waals surface area contributed by atoms with E-state index in [1.54, 1.807) is 51.4 Å². The third kappa shape index (κ3) is 3.90. The first-order chi connectivity index (χ1) is 10.8. The Morgan fingerprint density at radius 1 is 0.591 bits per heavy atom. The maximum absolute atomic E-state index is 2.35. The summed E-state index contributed by atoms with van der Waals surface area (Å²) in [5.74, 6) is 6.73. The minimum Gasteiger partial charge on any atom is -0.0654 e. The Kier molecular flexibility index (Phi) is 6.28. The van der Waals surface area contributed by atoms with Crippen molar-refractivity contribution >= 4 is 0 Å². The molecule has 0 N–H and O–H groups in total. The third-order valence-electron chi connectivity index (χ3n) is 7.69. The Hall–Kier alpha value is 0. The fourth-order valence-corrected chi connectivity index (χ4v) is 6.50. The second-order valence-electron chi connectivity index (χ2n) is 9.07. The summed E-state index contributed by atoms with van der Waals surface area (Å²) >= 11 is 0. The predicted octanol–water partition coefficient (Wildman–Crippen LogP) is 7.23. The second kappa shape index (κ2) is 8.20. The molecule has 0 aromatic heterocycles. The largest absolute Gasteiger partial charge is 0.0654 e. The molecule has 3 saturated carbocycles. The molecule has 0 aromatic rings. The van der Waals surface area contributed by atoms with Crippen LogP contribution in [-0.2, 0) is 0 Å². The molecule has 0 radical (unpaired) electrons. The van der Waals surface area contributed by atoms with Crippen molar-refractivity contribution in [3.05, 3.63) is 0 Å². The van der Waals surface area contributed by atoms with Gasteiger partial charge in [0.05, 0.1) is 0 Å². The molecule has 6 atom stereocenters. The molecule has 0 amide bonds. The van der Waals surface area contributed by atoms with E-state index in [0.29, 0.717) is 0 Å². The lowest BCUT2D eigenvalue weighted by Crippen LogP contribution is -2.41. The van der Waals surface area contributed by atoms with E-state index < -0.39 is 0 Å². The molecule has 0 spiro atoms. The van der Waals surface area contributed by atoms with Crippen molar-refractivity contribution in [2.24, 2.45) is 35.5 Å². The lowest BCUT2D eigenvalue weighted by molar-refractivity contribution is -0.00450. The van der Waals surface area contributed by atoms with Gasteiger partial charge < -0.3 is 0 Å². The van der Waals surface area contributed by atoms with E-state index in [0.717, 1.165) is 35.5 Å². The lowest BCUT2D eigenvalue weighted by atomic mass is 9.55. The zero-order valence-electron chi connectivity index (χ0n) is 15.4. The van der Waals surface area contributed by atoms with Crippen LogP contribution in [0.25, 0.3) is 0 Å². The van der Waals surface area contributed by atoms with Gasteiger partial charge in [-0.1, -0.05) is 65.2 Å². The number of rotatable bonds is 6. The summed E-state index contributed by atoms with van der Waals surface area (Å²) in [4.78, 5) is 0. The fraction of sp³-hybridized carbons (Fsp3) is 1.00. The Labute approximate surface area is 139 Å². The van der Waals surface area contributed by atoms with E-state index in [2.05, 4.69) is 13.8 Å². The van der Waals surface area contributed by atoms with Crippen molar-refractivity contribution in [1.29, 1.82) is 0 Å². The van der Waals surface area contributed by atoms with Gasteiger partial charge in [0.25, 0.3) is 0 Å². The fourth-order valence-electron chi connectivity index (χ4n) is 6.50. The zero-order chi connectivity index (χ0) is 15.4. The summed E-state index contributed by atoms with van der Waals surface area (Å²) < 4.78 is 0. The van der Waals surface area contributed by atoms with Gasteiger partial charge in [0.15, 0.2) is 0 Å². The topological polar surface area (TPSA) is 0 Å². The second-order valence-corrected chi connectivity index (χ2v) is 9.07. The van der Waals surface area contributed by atoms with Gasteiger partial charge in [-0.15, -0.1) is 0 Å². The molecule has 0 heterocycles. The Morgan fingerprint density at radius 3 is 1.45 bits per heavy atom. The van der Waals surface area contributed by atoms with Gasteiger partial charge in [0, 0.05) is 0 Å². The molecule has 0 saturated heterocycles. The summed E-state index contributed by atoms with van der Waals surface area (Å²) in [7, 11) is 0. The molecule has 0 aromatic carbocycles. The van der Waals surface area contributed by atoms with Gasteiger partial charge in [-0.25, -0.2) is 0 Å². The number of fused-ring (bicyclic) bond motifs is 3. The number of hydrogen-bond acceptors (Lipinski definition) is 0. The van der Waals surface area contributed by atoms with Gasteiger partial charge in [0.2, 0.25) is 0 Å². The Bertz CT molecular complexity index is 288. The minimum atomic E-state index is 1.10. The van der Waals surface area contributed by atoms with Gasteiger partial charge >= 0.3 is 0 Å². The van der Waals surface area contributed by atoms with Gasteiger partial charge in [-0.3, -0.25) is 0 Å². The number of unbranched alkanes of at least 4 members (excludes halogenated alkanes) is 2. The Morgan fingerprint density at radius 2 is 1.05 bits per heavy atom. The van der Waals surface area contributed by atoms with Crippen LogP contribution in [0.5, 0.6) is 0 Å². The van der Waals surface area contributed by atoms with Crippen LogP contribution in [0.15, 0.2) is 0 Å². The van der Waals surface area contributed by atoms with Crippen LogP contribution in [-0.4, -0.2) is 0 Å². The highest BCUT2D eigenvalue weighted by Crippen LogP contribution is 2.54. The van der Waals surface area contributed by atoms with E-state index in [1.807, 2.05) is 0 Å². The molecule has 22 heavy (non-hydrogen) atoms. The molecule has 0 bridgehead atoms. The van der Waals surface area contributed by atoms with Crippen molar-refractivity contribution in [3.63, 3.8) is 0 Å². The molecule has 3 rings (SSSR count). The molecular formula is C22H40. The van der Waals surface area contributed by atoms with Gasteiger partial charge in [-0.2, -0.15) is 0 Å². The highest BCUT2D eigenvalue weighted by molar-refractivity contribution is 4.94. The van der Waals surface area contributed by atoms with Crippen molar-refractivity contribution in [3.8, 4) is 0 Å². The minimum absolute atomic E-state index is 1.10. The highest BCUT2D eigenvalue weighted by atomic mass is 14.5. The first-order valence-corrected chi connectivity index (χ1v) is 10.8. The van der Waals surface area contributed by atoms with Crippen LogP contribution in [0.4, 0.5) is 0 Å². The van der Waals surface area contributed by atoms with E-state index in [-0.39, 0.29) is 0 Å². The van der Waals surface area contributed by atoms with E-state index in [9.17, 15) is 0 Å². The standard InChI is InChI=1S/C22H40/c1-3-5-7-17-9-13-21-19(15-17)11-12-20-16-18(8-6-4-2)10-14-22(20)21/h17-22H,3-16H2,1-2H3. The summed E-state index contributed by atoms with van der Waals surface area (Å²) in [5, 5.41) is 0. The van der Waals surface area contributed by atoms with Crippen LogP contribution in [0.1, 0.15) is 104 Å². The summed E-state index contributed by atoms with van der Waals surface area (Å²) in [6.07, 6.45) is 21.6. The molecule has 0 heteroatoms. The third-order valence-corrected chi connectivity index (χ3v) is 7.69. The maximum atomic E-state index is 2.35. The first-order valence-electron chi connectivity index (χ1n) is 10.8. The molecule has 3 aliphatic carbocycles. The van der Waals surface area contributed by atoms with Gasteiger partial charge in [0.1, 0.15) is 0 Å². The van der Waals surface area contributed by atoms with Crippen LogP contribution >= 0.6 is 0 Å². The molecule has 0 nitrogen and oxygen atoms in total. The smallest absolute Gasteiger partial charge is 0.0355 e. The molecule has 3 aliphatic rings. The van der Waals surface area contributed by atoms with Crippen LogP contribution in [0.3, 0.4) is 0 Å².